The molecule has 0 radical (unpaired) electrons. The Morgan fingerprint density at radius 1 is 1.21 bits per heavy atom. The van der Waals surface area contributed by atoms with Crippen molar-refractivity contribution in [1.29, 1.82) is 0 Å². The molecule has 10 nitrogen and oxygen atoms in total. The Kier molecular flexibility index (Phi) is 6.14. The van der Waals surface area contributed by atoms with Gasteiger partial charge in [0.15, 0.2) is 5.65 Å². The van der Waals surface area contributed by atoms with E-state index in [9.17, 15) is 14.5 Å². The molecule has 0 unspecified atom stereocenters. The number of fused-ring (bicyclic) bond motifs is 1. The van der Waals surface area contributed by atoms with Crippen LogP contribution in [0.25, 0.3) is 22.4 Å². The van der Waals surface area contributed by atoms with Crippen LogP contribution in [0.3, 0.4) is 0 Å². The van der Waals surface area contributed by atoms with E-state index >= 15 is 0 Å². The van der Waals surface area contributed by atoms with Gasteiger partial charge in [-0.3, -0.25) is 9.59 Å². The Hall–Kier alpha value is -3.53. The fourth-order valence-electron chi connectivity index (χ4n) is 4.48. The van der Waals surface area contributed by atoms with Crippen molar-refractivity contribution in [3.8, 4) is 17.3 Å². The van der Waals surface area contributed by atoms with Crippen molar-refractivity contribution >= 4 is 40.8 Å². The molecule has 0 bridgehead atoms. The number of nitroso groups, excluding NO2 is 1. The van der Waals surface area contributed by atoms with Crippen LogP contribution in [0.2, 0.25) is 5.02 Å². The van der Waals surface area contributed by atoms with Crippen molar-refractivity contribution < 1.29 is 14.3 Å². The molecule has 176 valence electrons. The lowest BCUT2D eigenvalue weighted by Gasteiger charge is -2.33. The third-order valence-corrected chi connectivity index (χ3v) is 6.81. The highest BCUT2D eigenvalue weighted by atomic mass is 35.5. The molecule has 3 heterocycles. The molecule has 2 aromatic heterocycles. The third kappa shape index (κ3) is 4.45. The average molecular weight is 483 g/mol. The lowest BCUT2D eigenvalue weighted by molar-refractivity contribution is -0.127. The van der Waals surface area contributed by atoms with Gasteiger partial charge in [-0.1, -0.05) is 23.7 Å². The number of imidazole rings is 1. The summed E-state index contributed by atoms with van der Waals surface area (Å²) in [6.45, 7) is 1.76. The number of aromatic amines is 1. The molecule has 1 aromatic carbocycles. The molecular formula is C23H23ClN6O4. The molecule has 2 N–H and O–H groups in total. The zero-order valence-corrected chi connectivity index (χ0v) is 19.0. The van der Waals surface area contributed by atoms with E-state index in [1.807, 2.05) is 24.3 Å². The van der Waals surface area contributed by atoms with Gasteiger partial charge in [0.2, 0.25) is 6.41 Å². The molecule has 1 saturated carbocycles. The summed E-state index contributed by atoms with van der Waals surface area (Å²) in [7, 11) is 0. The second-order valence-electron chi connectivity index (χ2n) is 8.66. The Labute approximate surface area is 200 Å². The lowest BCUT2D eigenvalue weighted by atomic mass is 9.82. The summed E-state index contributed by atoms with van der Waals surface area (Å²) in [6.07, 6.45) is 3.30. The number of halogens is 1. The molecule has 3 aromatic rings. The SMILES string of the molecule is O=CNC1CCN(c2ccc(-c3nc4nc(OC5CC(C(=O)N=O)C5)[nH]c4cc3Cl)cc2)CC1. The number of carbonyl (C=O) groups excluding carboxylic acids is 2. The lowest BCUT2D eigenvalue weighted by Crippen LogP contribution is -2.42. The largest absolute Gasteiger partial charge is 0.461 e. The van der Waals surface area contributed by atoms with Gasteiger partial charge in [0, 0.05) is 35.6 Å². The normalized spacial score (nSPS) is 20.6. The minimum atomic E-state index is -0.632. The maximum Gasteiger partial charge on any atom is 0.296 e. The quantitative estimate of drug-likeness (QED) is 0.389. The van der Waals surface area contributed by atoms with Gasteiger partial charge in [0.25, 0.3) is 11.9 Å². The molecule has 1 aliphatic carbocycles. The predicted octanol–water partition coefficient (Wildman–Crippen LogP) is 3.44. The van der Waals surface area contributed by atoms with Gasteiger partial charge in [-0.25, -0.2) is 4.98 Å². The number of nitrogens with one attached hydrogen (secondary N) is 2. The fraction of sp³-hybridized carbons (Fsp3) is 0.391. The number of hydrogen-bond donors (Lipinski definition) is 2. The summed E-state index contributed by atoms with van der Waals surface area (Å²) in [5.41, 5.74) is 3.74. The van der Waals surface area contributed by atoms with E-state index in [1.54, 1.807) is 6.07 Å². The number of hydrogen-bond acceptors (Lipinski definition) is 7. The first-order valence-corrected chi connectivity index (χ1v) is 11.6. The molecule has 2 aliphatic rings. The van der Waals surface area contributed by atoms with Crippen molar-refractivity contribution in [2.24, 2.45) is 11.1 Å². The minimum Gasteiger partial charge on any atom is -0.461 e. The van der Waals surface area contributed by atoms with E-state index in [4.69, 9.17) is 16.3 Å². The van der Waals surface area contributed by atoms with Crippen LogP contribution in [0, 0.1) is 10.8 Å². The molecule has 0 atom stereocenters. The number of aromatic nitrogens is 3. The number of anilines is 1. The first-order valence-electron chi connectivity index (χ1n) is 11.2. The van der Waals surface area contributed by atoms with Crippen LogP contribution in [-0.2, 0) is 9.59 Å². The Bertz CT molecular complexity index is 1220. The van der Waals surface area contributed by atoms with Crippen molar-refractivity contribution in [3.63, 3.8) is 0 Å². The van der Waals surface area contributed by atoms with E-state index < -0.39 is 5.91 Å². The molecule has 0 spiro atoms. The van der Waals surface area contributed by atoms with Gasteiger partial charge < -0.3 is 19.9 Å². The van der Waals surface area contributed by atoms with Crippen molar-refractivity contribution in [1.82, 2.24) is 20.3 Å². The number of pyridine rings is 1. The molecule has 2 fully saturated rings. The van der Waals surface area contributed by atoms with Gasteiger partial charge in [-0.05, 0) is 43.9 Å². The molecule has 1 aliphatic heterocycles. The number of carbonyl (C=O) groups is 2. The van der Waals surface area contributed by atoms with Gasteiger partial charge in [-0.2, -0.15) is 4.98 Å². The molecule has 11 heteroatoms. The first kappa shape index (κ1) is 22.3. The standard InChI is InChI=1S/C23H23ClN6O4/c24-18-11-19-21(28-23(26-19)34-17-9-14(10-17)22(32)29-33)27-20(18)13-1-3-16(4-2-13)30-7-5-15(6-8-30)25-12-31/h1-4,11-12,14-15,17H,5-10H2,(H,25,31)(H,26,27,28). The molecule has 1 saturated heterocycles. The fourth-order valence-corrected chi connectivity index (χ4v) is 4.74. The smallest absolute Gasteiger partial charge is 0.296 e. The van der Waals surface area contributed by atoms with Crippen molar-refractivity contribution in [3.05, 3.63) is 40.3 Å². The number of ether oxygens (including phenoxy) is 1. The number of piperidine rings is 1. The summed E-state index contributed by atoms with van der Waals surface area (Å²) < 4.78 is 5.78. The van der Waals surface area contributed by atoms with Crippen LogP contribution < -0.4 is 15.0 Å². The van der Waals surface area contributed by atoms with Crippen LogP contribution in [0.15, 0.2) is 35.5 Å². The van der Waals surface area contributed by atoms with Gasteiger partial charge in [0.05, 0.1) is 22.2 Å². The second kappa shape index (κ2) is 9.38. The highest BCUT2D eigenvalue weighted by Gasteiger charge is 2.37. The summed E-state index contributed by atoms with van der Waals surface area (Å²) >= 11 is 6.52. The number of H-pyrrole nitrogens is 1. The Morgan fingerprint density at radius 2 is 1.94 bits per heavy atom. The molecule has 5 rings (SSSR count). The zero-order valence-electron chi connectivity index (χ0n) is 18.2. The molecule has 2 amide bonds. The summed E-state index contributed by atoms with van der Waals surface area (Å²) in [5, 5.41) is 5.81. The number of benzene rings is 1. The van der Waals surface area contributed by atoms with E-state index in [2.05, 4.69) is 30.3 Å². The third-order valence-electron chi connectivity index (χ3n) is 6.52. The molecule has 34 heavy (non-hydrogen) atoms. The number of amides is 2. The maximum atomic E-state index is 11.3. The highest BCUT2D eigenvalue weighted by molar-refractivity contribution is 6.33. The highest BCUT2D eigenvalue weighted by Crippen LogP contribution is 2.34. The minimum absolute atomic E-state index is 0.196. The number of rotatable bonds is 7. The second-order valence-corrected chi connectivity index (χ2v) is 9.07. The van der Waals surface area contributed by atoms with Crippen molar-refractivity contribution in [2.45, 2.75) is 37.8 Å². The predicted molar refractivity (Wildman–Crippen MR) is 127 cm³/mol. The van der Waals surface area contributed by atoms with Crippen molar-refractivity contribution in [2.75, 3.05) is 18.0 Å². The molecular weight excluding hydrogens is 460 g/mol. The van der Waals surface area contributed by atoms with Crippen LogP contribution in [0.5, 0.6) is 6.01 Å². The van der Waals surface area contributed by atoms with E-state index in [-0.39, 0.29) is 18.1 Å². The van der Waals surface area contributed by atoms with Crippen LogP contribution >= 0.6 is 11.6 Å². The van der Waals surface area contributed by atoms with Gasteiger partial charge >= 0.3 is 0 Å². The van der Waals surface area contributed by atoms with Gasteiger partial charge in [-0.15, -0.1) is 4.91 Å². The van der Waals surface area contributed by atoms with E-state index in [1.165, 1.54) is 0 Å². The van der Waals surface area contributed by atoms with Crippen LogP contribution in [0.1, 0.15) is 25.7 Å². The topological polar surface area (TPSA) is 130 Å². The number of nitrogens with zero attached hydrogens (tertiary/aromatic N) is 4. The average Bonchev–Trinajstić information content (AvgIpc) is 3.22. The summed E-state index contributed by atoms with van der Waals surface area (Å²) in [4.78, 5) is 46.7. The summed E-state index contributed by atoms with van der Waals surface area (Å²) in [6, 6.07) is 10.4. The zero-order chi connectivity index (χ0) is 23.7. The van der Waals surface area contributed by atoms with Gasteiger partial charge in [0.1, 0.15) is 6.10 Å². The van der Waals surface area contributed by atoms with E-state index in [0.717, 1.165) is 43.6 Å². The maximum absolute atomic E-state index is 11.3. The monoisotopic (exact) mass is 482 g/mol. The summed E-state index contributed by atoms with van der Waals surface area (Å²) in [5.74, 6) is -0.999. The van der Waals surface area contributed by atoms with Crippen LogP contribution in [0.4, 0.5) is 5.69 Å². The van der Waals surface area contributed by atoms with E-state index in [0.29, 0.717) is 40.7 Å². The Morgan fingerprint density at radius 3 is 2.62 bits per heavy atom. The first-order chi connectivity index (χ1) is 16.5. The van der Waals surface area contributed by atoms with Crippen LogP contribution in [-0.4, -0.2) is 52.5 Å². The Balaban J connectivity index is 1.27.